The van der Waals surface area contributed by atoms with E-state index in [1.54, 1.807) is 7.11 Å². The van der Waals surface area contributed by atoms with Crippen LogP contribution in [0.3, 0.4) is 0 Å². The molecule has 0 heterocycles. The number of aliphatic hydroxyl groups excluding tert-OH is 1. The Morgan fingerprint density at radius 3 is 1.79 bits per heavy atom. The van der Waals surface area contributed by atoms with Crippen LogP contribution in [0.4, 0.5) is 0 Å². The highest BCUT2D eigenvalue weighted by atomic mass is 16.5. The van der Waals surface area contributed by atoms with Crippen LogP contribution >= 0.6 is 0 Å². The first-order valence-corrected chi connectivity index (χ1v) is 15.8. The predicted octanol–water partition coefficient (Wildman–Crippen LogP) is 11.1. The largest absolute Gasteiger partial charge is 0.393 e. The SMILES string of the molecule is COC1C=C(C)C(/C=C/C(C)=C/C=C/C(C)=C/C=C/C=C(C)\C=C\C=C(C)\C=C\C2=C(C)CC(O)CC2(C)C)C(C)(C)C1. The van der Waals surface area contributed by atoms with Crippen molar-refractivity contribution in [1.29, 1.82) is 0 Å². The van der Waals surface area contributed by atoms with Crippen LogP contribution in [0.1, 0.15) is 88.5 Å². The standard InChI is InChI=1S/C41H58O2/c1-30(18-14-20-32(3)22-24-38-34(5)26-36(42)28-40(38,7)8)16-12-13-17-31(2)19-15-21-33(4)23-25-39-35(6)27-37(43-11)29-41(39,9)10/h12-25,27,36-37,39,42H,26,28-29H2,1-11H3/b13-12+,18-14+,19-15+,24-22+,25-23+,30-16-,31-17+,32-20+,33-21+. The Kier molecular flexibility index (Phi) is 14.2. The summed E-state index contributed by atoms with van der Waals surface area (Å²) in [6.45, 7) is 22.0. The lowest BCUT2D eigenvalue weighted by molar-refractivity contribution is 0.0728. The molecule has 0 saturated heterocycles. The third-order valence-corrected chi connectivity index (χ3v) is 8.62. The molecule has 2 rings (SSSR count). The number of hydrogen-bond donors (Lipinski definition) is 1. The van der Waals surface area contributed by atoms with Crippen LogP contribution in [-0.2, 0) is 4.74 Å². The second-order valence-electron chi connectivity index (χ2n) is 13.9. The minimum Gasteiger partial charge on any atom is -0.393 e. The molecule has 0 aliphatic heterocycles. The van der Waals surface area contributed by atoms with E-state index in [4.69, 9.17) is 4.74 Å². The zero-order valence-corrected chi connectivity index (χ0v) is 28.9. The molecule has 0 amide bonds. The Labute approximate surface area is 264 Å². The molecule has 0 aromatic rings. The quantitative estimate of drug-likeness (QED) is 0.194. The van der Waals surface area contributed by atoms with Crippen LogP contribution in [0.15, 0.2) is 130 Å². The van der Waals surface area contributed by atoms with E-state index in [1.807, 2.05) is 0 Å². The van der Waals surface area contributed by atoms with Gasteiger partial charge in [0.2, 0.25) is 0 Å². The molecule has 234 valence electrons. The van der Waals surface area contributed by atoms with Gasteiger partial charge in [0.1, 0.15) is 0 Å². The number of hydrogen-bond acceptors (Lipinski definition) is 2. The molecule has 0 bridgehead atoms. The second kappa shape index (κ2) is 16.8. The maximum atomic E-state index is 10.1. The fourth-order valence-corrected chi connectivity index (χ4v) is 6.26. The van der Waals surface area contributed by atoms with E-state index in [1.165, 1.54) is 39.0 Å². The van der Waals surface area contributed by atoms with Crippen LogP contribution < -0.4 is 0 Å². The summed E-state index contributed by atoms with van der Waals surface area (Å²) in [5.74, 6) is 0.430. The van der Waals surface area contributed by atoms with E-state index in [9.17, 15) is 5.11 Å². The van der Waals surface area contributed by atoms with Gasteiger partial charge in [-0.1, -0.05) is 152 Å². The molecule has 0 fully saturated rings. The highest BCUT2D eigenvalue weighted by molar-refractivity contribution is 5.38. The van der Waals surface area contributed by atoms with Gasteiger partial charge in [0.15, 0.2) is 0 Å². The second-order valence-corrected chi connectivity index (χ2v) is 13.9. The first-order chi connectivity index (χ1) is 20.1. The average Bonchev–Trinajstić information content (AvgIpc) is 2.89. The van der Waals surface area contributed by atoms with Crippen molar-refractivity contribution in [2.75, 3.05) is 7.11 Å². The Bertz CT molecular complexity index is 1290. The number of rotatable bonds is 11. The summed E-state index contributed by atoms with van der Waals surface area (Å²) in [7, 11) is 1.80. The summed E-state index contributed by atoms with van der Waals surface area (Å²) in [4.78, 5) is 0. The van der Waals surface area contributed by atoms with Gasteiger partial charge in [-0.3, -0.25) is 0 Å². The molecule has 0 radical (unpaired) electrons. The summed E-state index contributed by atoms with van der Waals surface area (Å²) >= 11 is 0. The van der Waals surface area contributed by atoms with Gasteiger partial charge in [0.05, 0.1) is 12.2 Å². The van der Waals surface area contributed by atoms with Crippen molar-refractivity contribution in [3.05, 3.63) is 130 Å². The molecule has 3 unspecified atom stereocenters. The summed E-state index contributed by atoms with van der Waals surface area (Å²) in [6, 6.07) is 0. The third-order valence-electron chi connectivity index (χ3n) is 8.62. The van der Waals surface area contributed by atoms with Crippen LogP contribution in [0.2, 0.25) is 0 Å². The van der Waals surface area contributed by atoms with Gasteiger partial charge in [0, 0.05) is 13.0 Å². The van der Waals surface area contributed by atoms with Crippen molar-refractivity contribution in [2.24, 2.45) is 16.7 Å². The molecule has 2 heteroatoms. The zero-order valence-electron chi connectivity index (χ0n) is 28.9. The van der Waals surface area contributed by atoms with Crippen LogP contribution in [-0.4, -0.2) is 24.4 Å². The minimum absolute atomic E-state index is 0.00817. The highest BCUT2D eigenvalue weighted by Gasteiger charge is 2.35. The van der Waals surface area contributed by atoms with Crippen molar-refractivity contribution >= 4 is 0 Å². The van der Waals surface area contributed by atoms with E-state index in [-0.39, 0.29) is 23.0 Å². The molecule has 2 aliphatic carbocycles. The maximum Gasteiger partial charge on any atom is 0.0760 e. The van der Waals surface area contributed by atoms with E-state index < -0.39 is 0 Å². The van der Waals surface area contributed by atoms with Crippen molar-refractivity contribution in [3.8, 4) is 0 Å². The minimum atomic E-state index is -0.224. The van der Waals surface area contributed by atoms with Gasteiger partial charge in [-0.25, -0.2) is 0 Å². The van der Waals surface area contributed by atoms with E-state index in [2.05, 4.69) is 160 Å². The summed E-state index contributed by atoms with van der Waals surface area (Å²) < 4.78 is 5.60. The predicted molar refractivity (Wildman–Crippen MR) is 189 cm³/mol. The van der Waals surface area contributed by atoms with Crippen molar-refractivity contribution < 1.29 is 9.84 Å². The van der Waals surface area contributed by atoms with Gasteiger partial charge < -0.3 is 9.84 Å². The Hall–Kier alpha value is -2.94. The lowest BCUT2D eigenvalue weighted by Gasteiger charge is -2.39. The third kappa shape index (κ3) is 12.3. The van der Waals surface area contributed by atoms with Gasteiger partial charge in [-0.2, -0.15) is 0 Å². The van der Waals surface area contributed by atoms with Crippen LogP contribution in [0, 0.1) is 16.7 Å². The molecule has 0 aromatic heterocycles. The maximum absolute atomic E-state index is 10.1. The molecule has 0 aromatic carbocycles. The van der Waals surface area contributed by atoms with Crippen LogP contribution in [0.25, 0.3) is 0 Å². The lowest BCUT2D eigenvalue weighted by atomic mass is 9.67. The zero-order chi connectivity index (χ0) is 32.2. The van der Waals surface area contributed by atoms with E-state index in [0.29, 0.717) is 5.92 Å². The molecular formula is C41H58O2. The fraction of sp³-hybridized carbons (Fsp3) is 0.463. The van der Waals surface area contributed by atoms with Gasteiger partial charge in [-0.15, -0.1) is 0 Å². The van der Waals surface area contributed by atoms with Crippen molar-refractivity contribution in [2.45, 2.75) is 101 Å². The summed E-state index contributed by atoms with van der Waals surface area (Å²) in [6.07, 6.45) is 35.2. The lowest BCUT2D eigenvalue weighted by Crippen LogP contribution is -2.33. The Balaban J connectivity index is 1.90. The molecule has 3 atom stereocenters. The van der Waals surface area contributed by atoms with Gasteiger partial charge in [0.25, 0.3) is 0 Å². The molecule has 2 aliphatic rings. The monoisotopic (exact) mass is 582 g/mol. The van der Waals surface area contributed by atoms with Crippen LogP contribution in [0.5, 0.6) is 0 Å². The smallest absolute Gasteiger partial charge is 0.0760 e. The van der Waals surface area contributed by atoms with Crippen molar-refractivity contribution in [1.82, 2.24) is 0 Å². The molecule has 2 nitrogen and oxygen atoms in total. The topological polar surface area (TPSA) is 29.5 Å². The molecular weight excluding hydrogens is 524 g/mol. The Morgan fingerprint density at radius 1 is 0.767 bits per heavy atom. The first-order valence-electron chi connectivity index (χ1n) is 15.8. The number of ether oxygens (including phenoxy) is 1. The van der Waals surface area contributed by atoms with Crippen molar-refractivity contribution in [3.63, 3.8) is 0 Å². The highest BCUT2D eigenvalue weighted by Crippen LogP contribution is 2.43. The molecule has 0 saturated carbocycles. The molecule has 0 spiro atoms. The van der Waals surface area contributed by atoms with E-state index in [0.717, 1.165) is 19.3 Å². The number of methoxy groups -OCH3 is 1. The fourth-order valence-electron chi connectivity index (χ4n) is 6.26. The number of aliphatic hydroxyl groups is 1. The average molecular weight is 583 g/mol. The Morgan fingerprint density at radius 2 is 1.28 bits per heavy atom. The molecule has 1 N–H and O–H groups in total. The van der Waals surface area contributed by atoms with Gasteiger partial charge >= 0.3 is 0 Å². The summed E-state index contributed by atoms with van der Waals surface area (Å²) in [5, 5.41) is 10.1. The number of allylic oxidation sites excluding steroid dienone is 20. The van der Waals surface area contributed by atoms with E-state index >= 15 is 0 Å². The normalized spacial score (nSPS) is 26.2. The molecule has 43 heavy (non-hydrogen) atoms. The van der Waals surface area contributed by atoms with Gasteiger partial charge in [-0.05, 0) is 77.2 Å². The first kappa shape index (κ1) is 36.3. The summed E-state index contributed by atoms with van der Waals surface area (Å²) in [5.41, 5.74) is 9.07.